The van der Waals surface area contributed by atoms with Crippen molar-refractivity contribution in [3.8, 4) is 11.5 Å². The van der Waals surface area contributed by atoms with Crippen LogP contribution in [0.25, 0.3) is 0 Å². The summed E-state index contributed by atoms with van der Waals surface area (Å²) in [5.74, 6) is 2.46. The van der Waals surface area contributed by atoms with Crippen molar-refractivity contribution in [1.82, 2.24) is 20.2 Å². The summed E-state index contributed by atoms with van der Waals surface area (Å²) in [6.45, 7) is 0.311. The molecule has 0 saturated heterocycles. The van der Waals surface area contributed by atoms with Crippen molar-refractivity contribution >= 4 is 11.8 Å². The smallest absolute Gasteiger partial charge is 0.231 e. The van der Waals surface area contributed by atoms with E-state index in [2.05, 4.69) is 21.6 Å². The Labute approximate surface area is 126 Å². The highest BCUT2D eigenvalue weighted by Crippen LogP contribution is 2.35. The first-order valence-electron chi connectivity index (χ1n) is 7.19. The van der Waals surface area contributed by atoms with Crippen LogP contribution in [0.5, 0.6) is 11.5 Å². The number of tetrazole rings is 1. The van der Waals surface area contributed by atoms with Gasteiger partial charge in [0.1, 0.15) is 0 Å². The van der Waals surface area contributed by atoms with Gasteiger partial charge in [-0.2, -0.15) is 0 Å². The Morgan fingerprint density at radius 2 is 2.05 bits per heavy atom. The molecule has 2 heterocycles. The molecule has 2 aromatic rings. The topological polar surface area (TPSA) is 62.1 Å². The van der Waals surface area contributed by atoms with E-state index < -0.39 is 0 Å². The van der Waals surface area contributed by atoms with Crippen LogP contribution in [0.2, 0.25) is 0 Å². The molecule has 0 N–H and O–H groups in total. The van der Waals surface area contributed by atoms with Gasteiger partial charge < -0.3 is 9.47 Å². The molecule has 7 heteroatoms. The van der Waals surface area contributed by atoms with Crippen LogP contribution in [0.3, 0.4) is 0 Å². The van der Waals surface area contributed by atoms with Crippen molar-refractivity contribution in [2.45, 2.75) is 42.6 Å². The number of thioether (sulfide) groups is 1. The van der Waals surface area contributed by atoms with Crippen LogP contribution >= 0.6 is 11.8 Å². The highest BCUT2D eigenvalue weighted by molar-refractivity contribution is 7.98. The maximum absolute atomic E-state index is 5.40. The molecule has 1 aromatic heterocycles. The summed E-state index contributed by atoms with van der Waals surface area (Å²) in [6, 6.07) is 6.51. The molecule has 1 fully saturated rings. The summed E-state index contributed by atoms with van der Waals surface area (Å²) in [7, 11) is 0. The molecule has 0 amide bonds. The largest absolute Gasteiger partial charge is 0.454 e. The number of rotatable bonds is 4. The molecule has 1 aliphatic carbocycles. The summed E-state index contributed by atoms with van der Waals surface area (Å²) in [5.41, 5.74) is 1.19. The second-order valence-corrected chi connectivity index (χ2v) is 6.26. The standard InChI is InChI=1S/C14H16N4O2S/c1-2-4-11(3-1)18-14(15-16-17-18)21-8-10-5-6-12-13(7-10)20-9-19-12/h5-7,11H,1-4,8-9H2. The summed E-state index contributed by atoms with van der Waals surface area (Å²) in [5, 5.41) is 13.1. The second-order valence-electron chi connectivity index (χ2n) is 5.32. The molecule has 0 atom stereocenters. The fourth-order valence-electron chi connectivity index (χ4n) is 2.84. The third kappa shape index (κ3) is 2.57. The van der Waals surface area contributed by atoms with Crippen molar-refractivity contribution in [3.05, 3.63) is 23.8 Å². The van der Waals surface area contributed by atoms with Gasteiger partial charge in [-0.25, -0.2) is 4.68 Å². The Morgan fingerprint density at radius 3 is 2.95 bits per heavy atom. The lowest BCUT2D eigenvalue weighted by atomic mass is 10.2. The van der Waals surface area contributed by atoms with Crippen molar-refractivity contribution < 1.29 is 9.47 Å². The van der Waals surface area contributed by atoms with E-state index in [0.29, 0.717) is 12.8 Å². The Bertz CT molecular complexity index is 640. The third-order valence-corrected chi connectivity index (χ3v) is 4.94. The first kappa shape index (κ1) is 12.9. The number of fused-ring (bicyclic) bond motifs is 1. The summed E-state index contributed by atoms with van der Waals surface area (Å²) >= 11 is 1.67. The molecule has 4 rings (SSSR count). The molecule has 110 valence electrons. The van der Waals surface area contributed by atoms with Crippen LogP contribution in [0.4, 0.5) is 0 Å². The van der Waals surface area contributed by atoms with Crippen LogP contribution in [-0.4, -0.2) is 27.0 Å². The molecule has 0 radical (unpaired) electrons. The molecule has 21 heavy (non-hydrogen) atoms. The van der Waals surface area contributed by atoms with Gasteiger partial charge in [0.25, 0.3) is 0 Å². The summed E-state index contributed by atoms with van der Waals surface area (Å²) < 4.78 is 12.7. The van der Waals surface area contributed by atoms with Crippen LogP contribution < -0.4 is 9.47 Å². The Kier molecular flexibility index (Phi) is 3.42. The molecule has 0 bridgehead atoms. The fourth-order valence-corrected chi connectivity index (χ4v) is 3.72. The molecule has 1 aliphatic heterocycles. The molecular weight excluding hydrogens is 288 g/mol. The zero-order valence-electron chi connectivity index (χ0n) is 11.6. The average molecular weight is 304 g/mol. The number of nitrogens with zero attached hydrogens (tertiary/aromatic N) is 4. The molecule has 1 aromatic carbocycles. The zero-order chi connectivity index (χ0) is 14.1. The van der Waals surface area contributed by atoms with Gasteiger partial charge >= 0.3 is 0 Å². The van der Waals surface area contributed by atoms with Gasteiger partial charge in [-0.05, 0) is 41.0 Å². The average Bonchev–Trinajstić information content (AvgIpc) is 3.24. The predicted octanol–water partition coefficient (Wildman–Crippen LogP) is 2.81. The number of aromatic nitrogens is 4. The molecule has 0 spiro atoms. The Hall–Kier alpha value is -1.76. The molecule has 0 unspecified atom stereocenters. The molecular formula is C14H16N4O2S. The van der Waals surface area contributed by atoms with Gasteiger partial charge in [0.05, 0.1) is 6.04 Å². The predicted molar refractivity (Wildman–Crippen MR) is 77.4 cm³/mol. The SMILES string of the molecule is c1cc2c(cc1CSc1nnnn1C1CCCC1)OCO2. The van der Waals surface area contributed by atoms with E-state index in [-0.39, 0.29) is 0 Å². The van der Waals surface area contributed by atoms with E-state index in [1.54, 1.807) is 11.8 Å². The fraction of sp³-hybridized carbons (Fsp3) is 0.500. The molecule has 1 saturated carbocycles. The van der Waals surface area contributed by atoms with Crippen molar-refractivity contribution in [1.29, 1.82) is 0 Å². The normalized spacial score (nSPS) is 17.5. The lowest BCUT2D eigenvalue weighted by molar-refractivity contribution is 0.174. The van der Waals surface area contributed by atoms with Crippen LogP contribution in [0.1, 0.15) is 37.3 Å². The summed E-state index contributed by atoms with van der Waals surface area (Å²) in [4.78, 5) is 0. The lowest BCUT2D eigenvalue weighted by Crippen LogP contribution is -2.08. The minimum atomic E-state index is 0.311. The highest BCUT2D eigenvalue weighted by Gasteiger charge is 2.21. The van der Waals surface area contributed by atoms with E-state index in [1.165, 1.54) is 31.2 Å². The maximum Gasteiger partial charge on any atom is 0.231 e. The van der Waals surface area contributed by atoms with Gasteiger partial charge in [0, 0.05) is 5.75 Å². The number of benzene rings is 1. The van der Waals surface area contributed by atoms with Crippen molar-refractivity contribution in [2.75, 3.05) is 6.79 Å². The second kappa shape index (κ2) is 5.55. The van der Waals surface area contributed by atoms with Crippen molar-refractivity contribution in [2.24, 2.45) is 0 Å². The number of hydrogen-bond acceptors (Lipinski definition) is 6. The van der Waals surface area contributed by atoms with Gasteiger partial charge in [-0.15, -0.1) is 5.10 Å². The van der Waals surface area contributed by atoms with Crippen LogP contribution in [0.15, 0.2) is 23.4 Å². The van der Waals surface area contributed by atoms with Gasteiger partial charge in [-0.1, -0.05) is 30.7 Å². The van der Waals surface area contributed by atoms with E-state index in [0.717, 1.165) is 22.4 Å². The van der Waals surface area contributed by atoms with Gasteiger partial charge in [-0.3, -0.25) is 0 Å². The third-order valence-electron chi connectivity index (χ3n) is 3.94. The van der Waals surface area contributed by atoms with E-state index in [9.17, 15) is 0 Å². The van der Waals surface area contributed by atoms with Crippen molar-refractivity contribution in [3.63, 3.8) is 0 Å². The maximum atomic E-state index is 5.40. The van der Waals surface area contributed by atoms with Crippen LogP contribution in [0, 0.1) is 0 Å². The summed E-state index contributed by atoms with van der Waals surface area (Å²) in [6.07, 6.45) is 4.92. The number of ether oxygens (including phenoxy) is 2. The number of hydrogen-bond donors (Lipinski definition) is 0. The van der Waals surface area contributed by atoms with Gasteiger partial charge in [0.2, 0.25) is 11.9 Å². The zero-order valence-corrected chi connectivity index (χ0v) is 12.4. The highest BCUT2D eigenvalue weighted by atomic mass is 32.2. The van der Waals surface area contributed by atoms with E-state index in [4.69, 9.17) is 9.47 Å². The Morgan fingerprint density at radius 1 is 1.19 bits per heavy atom. The van der Waals surface area contributed by atoms with E-state index >= 15 is 0 Å². The minimum Gasteiger partial charge on any atom is -0.454 e. The molecule has 2 aliphatic rings. The monoisotopic (exact) mass is 304 g/mol. The van der Waals surface area contributed by atoms with Crippen LogP contribution in [-0.2, 0) is 5.75 Å². The van der Waals surface area contributed by atoms with Gasteiger partial charge in [0.15, 0.2) is 11.5 Å². The Balaban J connectivity index is 1.46. The molecule has 6 nitrogen and oxygen atoms in total. The quantitative estimate of drug-likeness (QED) is 0.809. The minimum absolute atomic E-state index is 0.311. The first-order chi connectivity index (χ1) is 10.4. The first-order valence-corrected chi connectivity index (χ1v) is 8.18. The van der Waals surface area contributed by atoms with E-state index in [1.807, 2.05) is 16.8 Å². The lowest BCUT2D eigenvalue weighted by Gasteiger charge is -2.10.